The average Bonchev–Trinajstić information content (AvgIpc) is 3.76. The first kappa shape index (κ1) is 31.6. The number of aryl methyl sites for hydroxylation is 1. The summed E-state index contributed by atoms with van der Waals surface area (Å²) in [6.45, 7) is 2.33. The number of ether oxygens (including phenoxy) is 1. The van der Waals surface area contributed by atoms with Crippen molar-refractivity contribution in [3.05, 3.63) is 82.2 Å². The zero-order valence-corrected chi connectivity index (χ0v) is 26.9. The lowest BCUT2D eigenvalue weighted by atomic mass is 9.77. The maximum Gasteiger partial charge on any atom is 0.273 e. The van der Waals surface area contributed by atoms with E-state index >= 15 is 0 Å². The molecular weight excluding hydrogens is 614 g/mol. The minimum absolute atomic E-state index is 0.0562. The van der Waals surface area contributed by atoms with Gasteiger partial charge in [-0.05, 0) is 62.8 Å². The first-order valence-electron chi connectivity index (χ1n) is 16.8. The van der Waals surface area contributed by atoms with Gasteiger partial charge in [-0.3, -0.25) is 28.9 Å². The molecule has 2 aromatic carbocycles. The van der Waals surface area contributed by atoms with E-state index in [0.29, 0.717) is 48.4 Å². The molecule has 3 aromatic rings. The third-order valence-electron chi connectivity index (χ3n) is 9.85. The molecule has 12 heteroatoms. The van der Waals surface area contributed by atoms with Crippen LogP contribution in [0.3, 0.4) is 0 Å². The van der Waals surface area contributed by atoms with Gasteiger partial charge in [-0.15, -0.1) is 0 Å². The highest BCUT2D eigenvalue weighted by Crippen LogP contribution is 2.41. The normalized spacial score (nSPS) is 21.8. The zero-order chi connectivity index (χ0) is 33.4. The Balaban J connectivity index is 1.16. The van der Waals surface area contributed by atoms with Crippen LogP contribution in [0.25, 0.3) is 0 Å². The fourth-order valence-electron chi connectivity index (χ4n) is 7.27. The topological polar surface area (TPSA) is 151 Å². The van der Waals surface area contributed by atoms with Gasteiger partial charge in [0.25, 0.3) is 17.7 Å². The van der Waals surface area contributed by atoms with Crippen molar-refractivity contribution in [3.8, 4) is 5.75 Å². The number of benzene rings is 2. The van der Waals surface area contributed by atoms with E-state index in [0.717, 1.165) is 36.8 Å². The molecule has 0 radical (unpaired) electrons. The van der Waals surface area contributed by atoms with Gasteiger partial charge in [0.1, 0.15) is 18.1 Å². The van der Waals surface area contributed by atoms with Gasteiger partial charge in [-0.1, -0.05) is 42.3 Å². The van der Waals surface area contributed by atoms with E-state index in [1.807, 2.05) is 12.1 Å². The smallest absolute Gasteiger partial charge is 0.273 e. The van der Waals surface area contributed by atoms with Crippen molar-refractivity contribution >= 4 is 29.5 Å². The monoisotopic (exact) mass is 653 g/mol. The molecule has 2 aliphatic carbocycles. The van der Waals surface area contributed by atoms with E-state index in [1.165, 1.54) is 4.90 Å². The standard InChI is InChI=1S/C36H39N5O7/c1-21-19-28(39-48-21)33(43)37-16-18-47-30-12-6-7-22-15-17-40(34(44)25-9-3-2-8-24(25)32(42)38-23-13-14-23)29(31(22)30)20-41-35(45)26-10-4-5-11-27(26)36(41)46/h4-7,10-12,19,23-25,29H,2-3,8-9,13-18,20H2,1H3,(H,37,43)(H,38,42)/t24-,25+,29+/m0/s1. The molecule has 2 saturated carbocycles. The van der Waals surface area contributed by atoms with Gasteiger partial charge in [0, 0.05) is 36.1 Å². The van der Waals surface area contributed by atoms with Crippen LogP contribution in [0.2, 0.25) is 0 Å². The lowest BCUT2D eigenvalue weighted by Gasteiger charge is -2.42. The number of nitrogens with one attached hydrogen (secondary N) is 2. The summed E-state index contributed by atoms with van der Waals surface area (Å²) in [5.74, 6) is -1.28. The van der Waals surface area contributed by atoms with Gasteiger partial charge < -0.3 is 24.8 Å². The minimum atomic E-state index is -0.693. The second-order valence-electron chi connectivity index (χ2n) is 13.1. The molecule has 48 heavy (non-hydrogen) atoms. The average molecular weight is 654 g/mol. The van der Waals surface area contributed by atoms with Gasteiger partial charge in [-0.2, -0.15) is 0 Å². The lowest BCUT2D eigenvalue weighted by Crippen LogP contribution is -2.51. The first-order valence-corrected chi connectivity index (χ1v) is 16.8. The number of nitrogens with zero attached hydrogens (tertiary/aromatic N) is 3. The Morgan fingerprint density at radius 2 is 1.69 bits per heavy atom. The van der Waals surface area contributed by atoms with Crippen molar-refractivity contribution in [3.63, 3.8) is 0 Å². The molecule has 12 nitrogen and oxygen atoms in total. The van der Waals surface area contributed by atoms with Gasteiger partial charge in [0.15, 0.2) is 5.69 Å². The van der Waals surface area contributed by atoms with Crippen LogP contribution >= 0.6 is 0 Å². The van der Waals surface area contributed by atoms with E-state index in [4.69, 9.17) is 9.26 Å². The second kappa shape index (κ2) is 13.2. The Labute approximate surface area is 278 Å². The third-order valence-corrected chi connectivity index (χ3v) is 9.85. The molecule has 250 valence electrons. The van der Waals surface area contributed by atoms with Crippen LogP contribution in [0, 0.1) is 18.8 Å². The predicted molar refractivity (Wildman–Crippen MR) is 172 cm³/mol. The molecule has 5 amide bonds. The molecule has 3 heterocycles. The second-order valence-corrected chi connectivity index (χ2v) is 13.1. The molecule has 0 bridgehead atoms. The third kappa shape index (κ3) is 6.18. The largest absolute Gasteiger partial charge is 0.491 e. The molecule has 3 atom stereocenters. The molecule has 2 N–H and O–H groups in total. The van der Waals surface area contributed by atoms with Crippen molar-refractivity contribution in [2.45, 2.75) is 64.0 Å². The number of hydrogen-bond acceptors (Lipinski definition) is 8. The number of imide groups is 1. The molecular formula is C36H39N5O7. The minimum Gasteiger partial charge on any atom is -0.491 e. The zero-order valence-electron chi connectivity index (χ0n) is 26.9. The number of carbonyl (C=O) groups excluding carboxylic acids is 5. The summed E-state index contributed by atoms with van der Waals surface area (Å²) in [6, 6.07) is 13.4. The van der Waals surface area contributed by atoms with Gasteiger partial charge >= 0.3 is 0 Å². The summed E-state index contributed by atoms with van der Waals surface area (Å²) in [7, 11) is 0. The summed E-state index contributed by atoms with van der Waals surface area (Å²) >= 11 is 0. The highest BCUT2D eigenvalue weighted by atomic mass is 16.5. The number of amides is 5. The Morgan fingerprint density at radius 3 is 2.38 bits per heavy atom. The lowest BCUT2D eigenvalue weighted by molar-refractivity contribution is -0.146. The van der Waals surface area contributed by atoms with Crippen LogP contribution in [-0.2, 0) is 16.0 Å². The highest BCUT2D eigenvalue weighted by molar-refractivity contribution is 6.21. The fraction of sp³-hybridized carbons (Fsp3) is 0.444. The molecule has 0 spiro atoms. The Bertz CT molecular complexity index is 1730. The number of hydrogen-bond donors (Lipinski definition) is 2. The van der Waals surface area contributed by atoms with Gasteiger partial charge in [0.2, 0.25) is 11.8 Å². The number of carbonyl (C=O) groups is 5. The van der Waals surface area contributed by atoms with Gasteiger partial charge in [-0.25, -0.2) is 0 Å². The Morgan fingerprint density at radius 1 is 0.958 bits per heavy atom. The summed E-state index contributed by atoms with van der Waals surface area (Å²) in [4.78, 5) is 70.5. The number of fused-ring (bicyclic) bond motifs is 2. The van der Waals surface area contributed by atoms with Crippen molar-refractivity contribution in [1.29, 1.82) is 0 Å². The van der Waals surface area contributed by atoms with Crippen molar-refractivity contribution in [2.75, 3.05) is 26.2 Å². The molecule has 1 aromatic heterocycles. The van der Waals surface area contributed by atoms with E-state index in [1.54, 1.807) is 48.2 Å². The van der Waals surface area contributed by atoms with E-state index < -0.39 is 35.6 Å². The molecule has 0 saturated heterocycles. The Hall–Kier alpha value is -5.00. The number of rotatable bonds is 10. The summed E-state index contributed by atoms with van der Waals surface area (Å²) in [5.41, 5.74) is 2.52. The SMILES string of the molecule is Cc1cc(C(=O)NCCOc2cccc3c2[C@@H](CN2C(=O)c4ccccc4C2=O)N(C(=O)[C@@H]2CCCC[C@@H]2C(=O)NC2CC2)CC3)no1. The van der Waals surface area contributed by atoms with Crippen LogP contribution in [0.5, 0.6) is 5.75 Å². The summed E-state index contributed by atoms with van der Waals surface area (Å²) in [5, 5.41) is 9.62. The predicted octanol–water partition coefficient (Wildman–Crippen LogP) is 3.60. The molecule has 7 rings (SSSR count). The maximum absolute atomic E-state index is 14.6. The molecule has 2 aliphatic heterocycles. The molecule has 4 aliphatic rings. The highest BCUT2D eigenvalue weighted by Gasteiger charge is 2.45. The first-order chi connectivity index (χ1) is 23.3. The van der Waals surface area contributed by atoms with Gasteiger partial charge in [0.05, 0.1) is 30.3 Å². The van der Waals surface area contributed by atoms with Crippen LogP contribution < -0.4 is 15.4 Å². The van der Waals surface area contributed by atoms with Crippen LogP contribution in [0.1, 0.15) is 92.7 Å². The van der Waals surface area contributed by atoms with Crippen LogP contribution in [0.4, 0.5) is 0 Å². The fourth-order valence-corrected chi connectivity index (χ4v) is 7.27. The maximum atomic E-state index is 14.6. The van der Waals surface area contributed by atoms with E-state index in [9.17, 15) is 24.0 Å². The molecule has 0 unspecified atom stereocenters. The van der Waals surface area contributed by atoms with E-state index in [-0.39, 0.29) is 43.2 Å². The van der Waals surface area contributed by atoms with E-state index in [2.05, 4.69) is 15.8 Å². The summed E-state index contributed by atoms with van der Waals surface area (Å²) < 4.78 is 11.2. The number of aromatic nitrogens is 1. The van der Waals surface area contributed by atoms with Crippen LogP contribution in [-0.4, -0.2) is 76.8 Å². The Kier molecular flexibility index (Phi) is 8.72. The molecule has 2 fully saturated rings. The van der Waals surface area contributed by atoms with Crippen molar-refractivity contribution < 1.29 is 33.2 Å². The van der Waals surface area contributed by atoms with Crippen molar-refractivity contribution in [1.82, 2.24) is 25.6 Å². The van der Waals surface area contributed by atoms with Crippen LogP contribution in [0.15, 0.2) is 53.1 Å². The summed E-state index contributed by atoms with van der Waals surface area (Å²) in [6.07, 6.45) is 5.47. The quantitative estimate of drug-likeness (QED) is 0.249. The van der Waals surface area contributed by atoms with Crippen molar-refractivity contribution in [2.24, 2.45) is 11.8 Å².